The van der Waals surface area contributed by atoms with Crippen molar-refractivity contribution in [3.05, 3.63) is 11.9 Å². The molecule has 0 bridgehead atoms. The lowest BCUT2D eigenvalue weighted by Crippen LogP contribution is -2.19. The summed E-state index contributed by atoms with van der Waals surface area (Å²) in [5.74, 6) is 3.67. The van der Waals surface area contributed by atoms with Gasteiger partial charge in [0.15, 0.2) is 0 Å². The summed E-state index contributed by atoms with van der Waals surface area (Å²) in [5.41, 5.74) is 0. The zero-order chi connectivity index (χ0) is 13.7. The van der Waals surface area contributed by atoms with Crippen molar-refractivity contribution in [3.8, 4) is 0 Å². The quantitative estimate of drug-likeness (QED) is 0.811. The highest BCUT2D eigenvalue weighted by molar-refractivity contribution is 5.47. The minimum Gasteiger partial charge on any atom is -0.373 e. The van der Waals surface area contributed by atoms with Crippen LogP contribution in [0.2, 0.25) is 0 Å². The van der Waals surface area contributed by atoms with Gasteiger partial charge in [-0.3, -0.25) is 0 Å². The molecule has 4 heteroatoms. The molecule has 1 unspecified atom stereocenters. The van der Waals surface area contributed by atoms with E-state index in [0.717, 1.165) is 23.9 Å². The Labute approximate surface area is 111 Å². The van der Waals surface area contributed by atoms with Crippen LogP contribution in [0.5, 0.6) is 0 Å². The minimum absolute atomic E-state index is 0.333. The van der Waals surface area contributed by atoms with E-state index in [4.69, 9.17) is 0 Å². The zero-order valence-electron chi connectivity index (χ0n) is 12.4. The molecule has 0 saturated heterocycles. The van der Waals surface area contributed by atoms with E-state index in [1.807, 2.05) is 13.1 Å². The summed E-state index contributed by atoms with van der Waals surface area (Å²) in [5, 5.41) is 6.54. The van der Waals surface area contributed by atoms with Crippen LogP contribution in [0.15, 0.2) is 6.07 Å². The van der Waals surface area contributed by atoms with Gasteiger partial charge in [-0.05, 0) is 19.3 Å². The van der Waals surface area contributed by atoms with Crippen LogP contribution < -0.4 is 10.6 Å². The van der Waals surface area contributed by atoms with Gasteiger partial charge in [-0.15, -0.1) is 0 Å². The van der Waals surface area contributed by atoms with E-state index in [1.165, 1.54) is 0 Å². The molecule has 0 aliphatic rings. The zero-order valence-corrected chi connectivity index (χ0v) is 12.4. The van der Waals surface area contributed by atoms with E-state index in [2.05, 4.69) is 55.2 Å². The smallest absolute Gasteiger partial charge is 0.135 e. The third-order valence-electron chi connectivity index (χ3n) is 2.74. The fraction of sp³-hybridized carbons (Fsp3) is 0.714. The summed E-state index contributed by atoms with van der Waals surface area (Å²) < 4.78 is 0. The standard InChI is InChI=1S/C14H26N4/c1-9(2)7-11(5)16-13-8-12(15-6)17-14(18-13)10(3)4/h8-11H,7H2,1-6H3,(H2,15,16,17,18). The van der Waals surface area contributed by atoms with E-state index in [1.54, 1.807) is 0 Å². The van der Waals surface area contributed by atoms with Crippen LogP contribution in [0.1, 0.15) is 52.8 Å². The van der Waals surface area contributed by atoms with Crippen LogP contribution in [0, 0.1) is 5.92 Å². The first-order chi connectivity index (χ1) is 8.42. The largest absolute Gasteiger partial charge is 0.373 e. The molecule has 0 aliphatic heterocycles. The van der Waals surface area contributed by atoms with Gasteiger partial charge in [-0.1, -0.05) is 27.7 Å². The van der Waals surface area contributed by atoms with Gasteiger partial charge < -0.3 is 10.6 Å². The number of hydrogen-bond acceptors (Lipinski definition) is 4. The molecular weight excluding hydrogens is 224 g/mol. The molecular formula is C14H26N4. The molecule has 0 amide bonds. The molecule has 0 aromatic carbocycles. The predicted molar refractivity (Wildman–Crippen MR) is 78.2 cm³/mol. The van der Waals surface area contributed by atoms with Crippen molar-refractivity contribution in [2.75, 3.05) is 17.7 Å². The van der Waals surface area contributed by atoms with E-state index in [0.29, 0.717) is 17.9 Å². The molecule has 1 atom stereocenters. The molecule has 18 heavy (non-hydrogen) atoms. The molecule has 0 aliphatic carbocycles. The Kier molecular flexibility index (Phi) is 5.38. The molecule has 1 rings (SSSR count). The van der Waals surface area contributed by atoms with Crippen molar-refractivity contribution in [1.29, 1.82) is 0 Å². The molecule has 102 valence electrons. The maximum absolute atomic E-state index is 4.57. The molecule has 0 radical (unpaired) electrons. The fourth-order valence-corrected chi connectivity index (χ4v) is 1.94. The topological polar surface area (TPSA) is 49.8 Å². The summed E-state index contributed by atoms with van der Waals surface area (Å²) >= 11 is 0. The number of aromatic nitrogens is 2. The Morgan fingerprint density at radius 2 is 1.67 bits per heavy atom. The number of nitrogens with one attached hydrogen (secondary N) is 2. The maximum atomic E-state index is 4.57. The number of nitrogens with zero attached hydrogens (tertiary/aromatic N) is 2. The highest BCUT2D eigenvalue weighted by atomic mass is 15.1. The summed E-state index contributed by atoms with van der Waals surface area (Å²) in [6.07, 6.45) is 1.13. The van der Waals surface area contributed by atoms with Crippen LogP contribution in [0.3, 0.4) is 0 Å². The molecule has 0 spiro atoms. The first kappa shape index (κ1) is 14.7. The van der Waals surface area contributed by atoms with E-state index in [9.17, 15) is 0 Å². The second kappa shape index (κ2) is 6.57. The molecule has 0 fully saturated rings. The molecule has 2 N–H and O–H groups in total. The van der Waals surface area contributed by atoms with E-state index >= 15 is 0 Å². The normalized spacial score (nSPS) is 12.9. The van der Waals surface area contributed by atoms with Crippen molar-refractivity contribution in [1.82, 2.24) is 9.97 Å². The lowest BCUT2D eigenvalue weighted by atomic mass is 10.1. The predicted octanol–water partition coefficient (Wildman–Crippen LogP) is 3.49. The van der Waals surface area contributed by atoms with Crippen LogP contribution in [0.25, 0.3) is 0 Å². The average molecular weight is 250 g/mol. The highest BCUT2D eigenvalue weighted by Crippen LogP contribution is 2.18. The second-order valence-electron chi connectivity index (χ2n) is 5.58. The Hall–Kier alpha value is -1.32. The molecule has 1 heterocycles. The first-order valence-electron chi connectivity index (χ1n) is 6.75. The van der Waals surface area contributed by atoms with Crippen molar-refractivity contribution in [3.63, 3.8) is 0 Å². The van der Waals surface area contributed by atoms with Crippen molar-refractivity contribution in [2.45, 2.75) is 53.0 Å². The van der Waals surface area contributed by atoms with Gasteiger partial charge in [0.2, 0.25) is 0 Å². The molecule has 4 nitrogen and oxygen atoms in total. The maximum Gasteiger partial charge on any atom is 0.135 e. The van der Waals surface area contributed by atoms with Crippen molar-refractivity contribution in [2.24, 2.45) is 5.92 Å². The lowest BCUT2D eigenvalue weighted by Gasteiger charge is -2.18. The van der Waals surface area contributed by atoms with Gasteiger partial charge in [-0.2, -0.15) is 0 Å². The molecule has 0 saturated carbocycles. The third-order valence-corrected chi connectivity index (χ3v) is 2.74. The van der Waals surface area contributed by atoms with Crippen molar-refractivity contribution >= 4 is 11.6 Å². The van der Waals surface area contributed by atoms with Crippen LogP contribution in [-0.4, -0.2) is 23.1 Å². The second-order valence-corrected chi connectivity index (χ2v) is 5.58. The Morgan fingerprint density at radius 1 is 1.06 bits per heavy atom. The van der Waals surface area contributed by atoms with Crippen LogP contribution >= 0.6 is 0 Å². The fourth-order valence-electron chi connectivity index (χ4n) is 1.94. The van der Waals surface area contributed by atoms with Gasteiger partial charge in [0.05, 0.1) is 0 Å². The third kappa shape index (κ3) is 4.51. The summed E-state index contributed by atoms with van der Waals surface area (Å²) in [6, 6.07) is 2.38. The van der Waals surface area contributed by atoms with E-state index in [-0.39, 0.29) is 0 Å². The van der Waals surface area contributed by atoms with Gasteiger partial charge in [0.1, 0.15) is 17.5 Å². The molecule has 1 aromatic rings. The number of anilines is 2. The Morgan fingerprint density at radius 3 is 2.17 bits per heavy atom. The monoisotopic (exact) mass is 250 g/mol. The summed E-state index contributed by atoms with van der Waals surface area (Å²) in [7, 11) is 1.88. The van der Waals surface area contributed by atoms with Gasteiger partial charge >= 0.3 is 0 Å². The number of hydrogen-bond donors (Lipinski definition) is 2. The summed E-state index contributed by atoms with van der Waals surface area (Å²) in [4.78, 5) is 9.02. The number of rotatable bonds is 6. The Bertz CT molecular complexity index is 374. The van der Waals surface area contributed by atoms with E-state index < -0.39 is 0 Å². The lowest BCUT2D eigenvalue weighted by molar-refractivity contribution is 0.538. The van der Waals surface area contributed by atoms with Gasteiger partial charge in [-0.25, -0.2) is 9.97 Å². The summed E-state index contributed by atoms with van der Waals surface area (Å²) in [6.45, 7) is 10.9. The minimum atomic E-state index is 0.333. The van der Waals surface area contributed by atoms with Crippen LogP contribution in [0.4, 0.5) is 11.6 Å². The average Bonchev–Trinajstić information content (AvgIpc) is 2.27. The SMILES string of the molecule is CNc1cc(NC(C)CC(C)C)nc(C(C)C)n1. The van der Waals surface area contributed by atoms with Crippen molar-refractivity contribution < 1.29 is 0 Å². The van der Waals surface area contributed by atoms with Gasteiger partial charge in [0.25, 0.3) is 0 Å². The van der Waals surface area contributed by atoms with Gasteiger partial charge in [0, 0.05) is 25.1 Å². The van der Waals surface area contributed by atoms with Crippen LogP contribution in [-0.2, 0) is 0 Å². The molecule has 1 aromatic heterocycles. The Balaban J connectivity index is 2.84. The first-order valence-corrected chi connectivity index (χ1v) is 6.75. The highest BCUT2D eigenvalue weighted by Gasteiger charge is 2.10.